The van der Waals surface area contributed by atoms with Gasteiger partial charge in [-0.1, -0.05) is 152 Å². The zero-order valence-electron chi connectivity index (χ0n) is 34.6. The lowest BCUT2D eigenvalue weighted by Gasteiger charge is -2.28. The molecule has 0 aliphatic rings. The number of fused-ring (bicyclic) bond motifs is 9. The summed E-state index contributed by atoms with van der Waals surface area (Å²) in [5, 5.41) is 7.30. The number of nitrogens with zero attached hydrogens (tertiary/aromatic N) is 4. The Kier molecular flexibility index (Phi) is 8.15. The molecule has 0 saturated carbocycles. The normalized spacial score (nSPS) is 11.8. The third kappa shape index (κ3) is 5.61. The fourth-order valence-corrected chi connectivity index (χ4v) is 9.91. The van der Waals surface area contributed by atoms with Crippen LogP contribution in [0.15, 0.2) is 235 Å². The largest absolute Gasteiger partial charge is 0.435 e. The fourth-order valence-electron chi connectivity index (χ4n) is 9.91. The van der Waals surface area contributed by atoms with Gasteiger partial charge < -0.3 is 18.5 Å². The standard InChI is InChI=1S/C59H38N4O/c1-3-18-40(19-4-1)59-60-52-29-16-28-51(58(52)64-59)48-27-11-12-30-53(48)61(42-22-15-23-43(37-42)62-54-31-13-9-25-46(54)47-26-10-14-32-55(47)62)44-34-36-49-50-35-33-39-17-7-8-24-45(39)57(50)63(56(49)38-44)41-20-5-2-6-21-41/h1-38H. The van der Waals surface area contributed by atoms with Crippen molar-refractivity contribution in [2.45, 2.75) is 0 Å². The lowest BCUT2D eigenvalue weighted by Crippen LogP contribution is -2.12. The van der Waals surface area contributed by atoms with Crippen molar-refractivity contribution in [1.82, 2.24) is 14.1 Å². The fraction of sp³-hybridized carbons (Fsp3) is 0. The molecule has 0 radical (unpaired) electrons. The predicted molar refractivity (Wildman–Crippen MR) is 266 cm³/mol. The molecule has 0 aliphatic carbocycles. The first kappa shape index (κ1) is 36.0. The van der Waals surface area contributed by atoms with Crippen molar-refractivity contribution in [3.63, 3.8) is 0 Å². The third-order valence-corrected chi connectivity index (χ3v) is 12.7. The zero-order chi connectivity index (χ0) is 42.1. The van der Waals surface area contributed by atoms with E-state index in [9.17, 15) is 0 Å². The number of oxazole rings is 1. The molecule has 5 heteroatoms. The van der Waals surface area contributed by atoms with E-state index >= 15 is 0 Å². The van der Waals surface area contributed by atoms with Crippen molar-refractivity contribution in [2.75, 3.05) is 4.90 Å². The van der Waals surface area contributed by atoms with Crippen LogP contribution >= 0.6 is 0 Å². The maximum Gasteiger partial charge on any atom is 0.227 e. The zero-order valence-corrected chi connectivity index (χ0v) is 34.6. The van der Waals surface area contributed by atoms with Gasteiger partial charge in [-0.25, -0.2) is 4.98 Å². The van der Waals surface area contributed by atoms with Gasteiger partial charge >= 0.3 is 0 Å². The molecule has 0 aliphatic heterocycles. The average molecular weight is 819 g/mol. The minimum atomic E-state index is 0.600. The first-order valence-corrected chi connectivity index (χ1v) is 21.7. The molecule has 0 N–H and O–H groups in total. The molecule has 0 amide bonds. The molecule has 5 nitrogen and oxygen atoms in total. The highest BCUT2D eigenvalue weighted by atomic mass is 16.3. The van der Waals surface area contributed by atoms with Crippen molar-refractivity contribution in [2.24, 2.45) is 0 Å². The van der Waals surface area contributed by atoms with Crippen molar-refractivity contribution in [3.8, 4) is 34.0 Å². The quantitative estimate of drug-likeness (QED) is 0.161. The molecule has 10 aromatic carbocycles. The van der Waals surface area contributed by atoms with E-state index in [4.69, 9.17) is 9.40 Å². The van der Waals surface area contributed by atoms with Crippen LogP contribution in [0.4, 0.5) is 17.1 Å². The lowest BCUT2D eigenvalue weighted by atomic mass is 10.0. The molecule has 0 atom stereocenters. The molecule has 300 valence electrons. The van der Waals surface area contributed by atoms with Crippen LogP contribution in [0.25, 0.3) is 99.4 Å². The van der Waals surface area contributed by atoms with Gasteiger partial charge in [0.15, 0.2) is 5.58 Å². The third-order valence-electron chi connectivity index (χ3n) is 12.7. The van der Waals surface area contributed by atoms with E-state index in [2.05, 4.69) is 208 Å². The number of hydrogen-bond donors (Lipinski definition) is 0. The van der Waals surface area contributed by atoms with Crippen molar-refractivity contribution in [1.29, 1.82) is 0 Å². The number of benzene rings is 10. The highest BCUT2D eigenvalue weighted by molar-refractivity contribution is 6.19. The number of hydrogen-bond acceptors (Lipinski definition) is 3. The van der Waals surface area contributed by atoms with E-state index in [-0.39, 0.29) is 0 Å². The Morgan fingerprint density at radius 2 is 1.00 bits per heavy atom. The Balaban J connectivity index is 1.09. The maximum atomic E-state index is 6.69. The highest BCUT2D eigenvalue weighted by Gasteiger charge is 2.24. The number of anilines is 3. The molecule has 0 unspecified atom stereocenters. The van der Waals surface area contributed by atoms with Crippen LogP contribution in [0.1, 0.15) is 0 Å². The molecule has 64 heavy (non-hydrogen) atoms. The average Bonchev–Trinajstić information content (AvgIpc) is 4.06. The van der Waals surface area contributed by atoms with E-state index in [1.54, 1.807) is 0 Å². The van der Waals surface area contributed by atoms with Crippen molar-refractivity contribution < 1.29 is 4.42 Å². The monoisotopic (exact) mass is 818 g/mol. The molecule has 0 saturated heterocycles. The summed E-state index contributed by atoms with van der Waals surface area (Å²) in [7, 11) is 0. The van der Waals surface area contributed by atoms with Crippen LogP contribution in [0.2, 0.25) is 0 Å². The number of rotatable bonds is 7. The number of para-hydroxylation sites is 5. The Hall–Kier alpha value is -8.67. The topological polar surface area (TPSA) is 39.1 Å². The van der Waals surface area contributed by atoms with Gasteiger partial charge in [-0.3, -0.25) is 0 Å². The second-order valence-corrected chi connectivity index (χ2v) is 16.3. The first-order valence-electron chi connectivity index (χ1n) is 21.7. The SMILES string of the molecule is c1ccc(-c2nc3cccc(-c4ccccc4N(c4cccc(-n5c6ccccc6c6ccccc65)c4)c4ccc5c6ccc7ccccc7c6n(-c6ccccc6)c5c4)c3o2)cc1. The van der Waals surface area contributed by atoms with Gasteiger partial charge in [0.25, 0.3) is 0 Å². The van der Waals surface area contributed by atoms with E-state index in [1.807, 2.05) is 36.4 Å². The smallest absolute Gasteiger partial charge is 0.227 e. The Labute approximate surface area is 368 Å². The van der Waals surface area contributed by atoms with Crippen LogP contribution in [0.5, 0.6) is 0 Å². The minimum Gasteiger partial charge on any atom is -0.435 e. The molecular formula is C59H38N4O. The van der Waals surface area contributed by atoms with Crippen molar-refractivity contribution in [3.05, 3.63) is 231 Å². The Morgan fingerprint density at radius 3 is 1.81 bits per heavy atom. The molecule has 13 aromatic rings. The Morgan fingerprint density at radius 1 is 0.391 bits per heavy atom. The summed E-state index contributed by atoms with van der Waals surface area (Å²) in [5.74, 6) is 0.600. The first-order chi connectivity index (χ1) is 31.8. The van der Waals surface area contributed by atoms with E-state index in [0.29, 0.717) is 5.89 Å². The van der Waals surface area contributed by atoms with Gasteiger partial charge in [-0.15, -0.1) is 0 Å². The molecule has 0 fully saturated rings. The van der Waals surface area contributed by atoms with Gasteiger partial charge in [0.1, 0.15) is 5.52 Å². The van der Waals surface area contributed by atoms with Gasteiger partial charge in [-0.2, -0.15) is 0 Å². The number of aromatic nitrogens is 3. The second-order valence-electron chi connectivity index (χ2n) is 16.3. The van der Waals surface area contributed by atoms with Crippen molar-refractivity contribution >= 4 is 82.5 Å². The van der Waals surface area contributed by atoms with Gasteiger partial charge in [-0.05, 0) is 84.2 Å². The summed E-state index contributed by atoms with van der Waals surface area (Å²) in [6, 6.07) is 82.3. The second kappa shape index (κ2) is 14.5. The molecule has 13 rings (SSSR count). The predicted octanol–water partition coefficient (Wildman–Crippen LogP) is 16.0. The molecule has 0 bridgehead atoms. The van der Waals surface area contributed by atoms with Gasteiger partial charge in [0, 0.05) is 66.4 Å². The molecular weight excluding hydrogens is 781 g/mol. The Bertz CT molecular complexity index is 3860. The summed E-state index contributed by atoms with van der Waals surface area (Å²) >= 11 is 0. The van der Waals surface area contributed by atoms with E-state index in [1.165, 1.54) is 48.9 Å². The van der Waals surface area contributed by atoms with Gasteiger partial charge in [0.05, 0.1) is 27.8 Å². The summed E-state index contributed by atoms with van der Waals surface area (Å²) in [5.41, 5.74) is 14.4. The summed E-state index contributed by atoms with van der Waals surface area (Å²) in [6.07, 6.45) is 0. The highest BCUT2D eigenvalue weighted by Crippen LogP contribution is 2.46. The van der Waals surface area contributed by atoms with Crippen LogP contribution in [0.3, 0.4) is 0 Å². The van der Waals surface area contributed by atoms with E-state index in [0.717, 1.165) is 61.7 Å². The molecule has 3 heterocycles. The lowest BCUT2D eigenvalue weighted by molar-refractivity contribution is 0.621. The minimum absolute atomic E-state index is 0.600. The summed E-state index contributed by atoms with van der Waals surface area (Å²) in [6.45, 7) is 0. The van der Waals surface area contributed by atoms with E-state index < -0.39 is 0 Å². The van der Waals surface area contributed by atoms with Crippen LogP contribution in [0, 0.1) is 0 Å². The summed E-state index contributed by atoms with van der Waals surface area (Å²) < 4.78 is 11.5. The van der Waals surface area contributed by atoms with Gasteiger partial charge in [0.2, 0.25) is 5.89 Å². The van der Waals surface area contributed by atoms with Crippen LogP contribution < -0.4 is 4.90 Å². The summed E-state index contributed by atoms with van der Waals surface area (Å²) in [4.78, 5) is 7.39. The van der Waals surface area contributed by atoms with Crippen LogP contribution in [-0.4, -0.2) is 14.1 Å². The van der Waals surface area contributed by atoms with Crippen LogP contribution in [-0.2, 0) is 0 Å². The molecule has 3 aromatic heterocycles. The molecule has 0 spiro atoms. The maximum absolute atomic E-state index is 6.69.